The minimum atomic E-state index is -0.463. The van der Waals surface area contributed by atoms with E-state index in [0.717, 1.165) is 17.5 Å². The van der Waals surface area contributed by atoms with E-state index < -0.39 is 6.29 Å². The normalized spacial score (nSPS) is 24.2. The Morgan fingerprint density at radius 2 is 2.09 bits per heavy atom. The number of aliphatic hydroxyl groups is 1. The van der Waals surface area contributed by atoms with E-state index in [2.05, 4.69) is 15.3 Å². The monoisotopic (exact) mass is 441 g/mol. The van der Waals surface area contributed by atoms with Crippen LogP contribution in [0.1, 0.15) is 57.7 Å². The van der Waals surface area contributed by atoms with Crippen LogP contribution in [-0.2, 0) is 20.8 Å². The molecule has 7 heteroatoms. The van der Waals surface area contributed by atoms with E-state index in [9.17, 15) is 9.90 Å². The van der Waals surface area contributed by atoms with Gasteiger partial charge >= 0.3 is 0 Å². The zero-order chi connectivity index (χ0) is 22.3. The van der Waals surface area contributed by atoms with Crippen molar-refractivity contribution in [3.8, 4) is 0 Å². The van der Waals surface area contributed by atoms with Crippen molar-refractivity contribution in [2.75, 3.05) is 13.2 Å². The number of para-hydroxylation sites is 2. The maximum Gasteiger partial charge on any atom is 0.286 e. The summed E-state index contributed by atoms with van der Waals surface area (Å²) >= 11 is 0. The zero-order valence-corrected chi connectivity index (χ0v) is 18.9. The molecule has 1 saturated carbocycles. The number of aromatic nitrogens is 2. The van der Waals surface area contributed by atoms with Gasteiger partial charge in [0, 0.05) is 19.1 Å². The van der Waals surface area contributed by atoms with Crippen LogP contribution in [-0.4, -0.2) is 40.5 Å². The molecule has 2 heterocycles. The Kier molecular flexibility index (Phi) is 7.81. The molecule has 2 aromatic rings. The molecule has 32 heavy (non-hydrogen) atoms. The van der Waals surface area contributed by atoms with Crippen LogP contribution in [0, 0.1) is 17.8 Å². The predicted molar refractivity (Wildman–Crippen MR) is 122 cm³/mol. The van der Waals surface area contributed by atoms with Crippen molar-refractivity contribution in [1.82, 2.24) is 15.3 Å². The molecule has 0 unspecified atom stereocenters. The third-order valence-electron chi connectivity index (χ3n) is 6.73. The molecule has 3 N–H and O–H groups in total. The number of rotatable bonds is 9. The highest BCUT2D eigenvalue weighted by atomic mass is 16.7. The van der Waals surface area contributed by atoms with Gasteiger partial charge in [-0.15, -0.1) is 0 Å². The SMILES string of the molecule is CCO[C@H]1OC(C(=O)NCc2nc3ccccc3[nH]2)=C[C@@H](C2CCCCC2)[C@@H]1CCCO. The maximum absolute atomic E-state index is 13.0. The lowest BCUT2D eigenvalue weighted by Crippen LogP contribution is -2.42. The number of allylic oxidation sites excluding steroid dienone is 1. The van der Waals surface area contributed by atoms with E-state index in [0.29, 0.717) is 37.1 Å². The summed E-state index contributed by atoms with van der Waals surface area (Å²) in [5.41, 5.74) is 1.83. The van der Waals surface area contributed by atoms with E-state index in [1.54, 1.807) is 0 Å². The molecule has 1 aliphatic heterocycles. The number of benzene rings is 1. The summed E-state index contributed by atoms with van der Waals surface area (Å²) in [5.74, 6) is 1.71. The first-order chi connectivity index (χ1) is 15.7. The summed E-state index contributed by atoms with van der Waals surface area (Å²) in [6, 6.07) is 7.81. The average Bonchev–Trinajstić information content (AvgIpc) is 3.25. The fourth-order valence-electron chi connectivity index (χ4n) is 5.18. The molecule has 0 radical (unpaired) electrons. The van der Waals surface area contributed by atoms with Crippen molar-refractivity contribution in [1.29, 1.82) is 0 Å². The van der Waals surface area contributed by atoms with Gasteiger partial charge in [0.2, 0.25) is 6.29 Å². The van der Waals surface area contributed by atoms with Gasteiger partial charge in [-0.1, -0.05) is 31.4 Å². The van der Waals surface area contributed by atoms with E-state index in [1.807, 2.05) is 37.3 Å². The van der Waals surface area contributed by atoms with Crippen LogP contribution in [0.5, 0.6) is 0 Å². The van der Waals surface area contributed by atoms with Gasteiger partial charge < -0.3 is 24.9 Å². The molecule has 174 valence electrons. The number of carbonyl (C=O) groups is 1. The molecule has 7 nitrogen and oxygen atoms in total. The number of hydrogen-bond acceptors (Lipinski definition) is 5. The van der Waals surface area contributed by atoms with E-state index in [-0.39, 0.29) is 24.3 Å². The van der Waals surface area contributed by atoms with Gasteiger partial charge in [0.05, 0.1) is 17.6 Å². The van der Waals surface area contributed by atoms with Gasteiger partial charge in [0.25, 0.3) is 5.91 Å². The van der Waals surface area contributed by atoms with Gasteiger partial charge in [-0.05, 0) is 62.7 Å². The molecule has 1 amide bonds. The number of amides is 1. The highest BCUT2D eigenvalue weighted by Crippen LogP contribution is 2.42. The quantitative estimate of drug-likeness (QED) is 0.546. The first kappa shape index (κ1) is 22.8. The second-order valence-corrected chi connectivity index (χ2v) is 8.86. The largest absolute Gasteiger partial charge is 0.459 e. The topological polar surface area (TPSA) is 96.5 Å². The van der Waals surface area contributed by atoms with Crippen LogP contribution < -0.4 is 5.32 Å². The fourth-order valence-corrected chi connectivity index (χ4v) is 5.18. The Hall–Kier alpha value is -2.38. The number of nitrogens with one attached hydrogen (secondary N) is 2. The molecule has 0 spiro atoms. The molecule has 1 aromatic heterocycles. The lowest BCUT2D eigenvalue weighted by Gasteiger charge is -2.41. The smallest absolute Gasteiger partial charge is 0.286 e. The molecule has 1 aromatic carbocycles. The number of carbonyl (C=O) groups excluding carboxylic acids is 1. The van der Waals surface area contributed by atoms with Crippen molar-refractivity contribution in [2.24, 2.45) is 17.8 Å². The number of imidazole rings is 1. The first-order valence-corrected chi connectivity index (χ1v) is 12.0. The highest BCUT2D eigenvalue weighted by Gasteiger charge is 2.40. The molecule has 4 rings (SSSR count). The molecule has 3 atom stereocenters. The summed E-state index contributed by atoms with van der Waals surface area (Å²) in [7, 11) is 0. The van der Waals surface area contributed by atoms with E-state index >= 15 is 0 Å². The number of aliphatic hydroxyl groups excluding tert-OH is 1. The van der Waals surface area contributed by atoms with Crippen molar-refractivity contribution < 1.29 is 19.4 Å². The first-order valence-electron chi connectivity index (χ1n) is 12.0. The molecule has 1 aliphatic carbocycles. The summed E-state index contributed by atoms with van der Waals surface area (Å²) < 4.78 is 12.0. The Labute approximate surface area is 189 Å². The Morgan fingerprint density at radius 3 is 2.84 bits per heavy atom. The van der Waals surface area contributed by atoms with Crippen LogP contribution in [0.2, 0.25) is 0 Å². The van der Waals surface area contributed by atoms with Crippen molar-refractivity contribution in [3.05, 3.63) is 41.9 Å². The van der Waals surface area contributed by atoms with Gasteiger partial charge in [-0.25, -0.2) is 4.98 Å². The number of hydrogen-bond donors (Lipinski definition) is 3. The van der Waals surface area contributed by atoms with Crippen molar-refractivity contribution in [3.63, 3.8) is 0 Å². The molecule has 1 fully saturated rings. The second kappa shape index (κ2) is 11.0. The van der Waals surface area contributed by atoms with Gasteiger partial charge in [0.1, 0.15) is 5.82 Å². The number of H-pyrrole nitrogens is 1. The Bertz CT molecular complexity index is 886. The average molecular weight is 442 g/mol. The van der Waals surface area contributed by atoms with Gasteiger partial charge in [0.15, 0.2) is 5.76 Å². The zero-order valence-electron chi connectivity index (χ0n) is 18.9. The summed E-state index contributed by atoms with van der Waals surface area (Å²) in [6.07, 6.45) is 9.19. The summed E-state index contributed by atoms with van der Waals surface area (Å²) in [6.45, 7) is 2.92. The Morgan fingerprint density at radius 1 is 1.28 bits per heavy atom. The van der Waals surface area contributed by atoms with E-state index in [4.69, 9.17) is 9.47 Å². The maximum atomic E-state index is 13.0. The van der Waals surface area contributed by atoms with Gasteiger partial charge in [-0.2, -0.15) is 0 Å². The third kappa shape index (κ3) is 5.33. The van der Waals surface area contributed by atoms with E-state index in [1.165, 1.54) is 32.1 Å². The Balaban J connectivity index is 1.50. The van der Waals surface area contributed by atoms with Crippen LogP contribution in [0.15, 0.2) is 36.1 Å². The summed E-state index contributed by atoms with van der Waals surface area (Å²) in [4.78, 5) is 20.8. The van der Waals surface area contributed by atoms with Crippen LogP contribution in [0.3, 0.4) is 0 Å². The fraction of sp³-hybridized carbons (Fsp3) is 0.600. The number of fused-ring (bicyclic) bond motifs is 1. The van der Waals surface area contributed by atoms with Crippen LogP contribution >= 0.6 is 0 Å². The van der Waals surface area contributed by atoms with Gasteiger partial charge in [-0.3, -0.25) is 4.79 Å². The number of aromatic amines is 1. The molecular formula is C25H35N3O4. The minimum absolute atomic E-state index is 0.150. The van der Waals surface area contributed by atoms with Crippen LogP contribution in [0.4, 0.5) is 0 Å². The summed E-state index contributed by atoms with van der Waals surface area (Å²) in [5, 5.41) is 12.4. The third-order valence-corrected chi connectivity index (χ3v) is 6.73. The molecular weight excluding hydrogens is 406 g/mol. The van der Waals surface area contributed by atoms with Crippen molar-refractivity contribution >= 4 is 16.9 Å². The molecule has 0 bridgehead atoms. The number of ether oxygens (including phenoxy) is 2. The highest BCUT2D eigenvalue weighted by molar-refractivity contribution is 5.91. The van der Waals surface area contributed by atoms with Crippen molar-refractivity contribution in [2.45, 2.75) is 64.7 Å². The lowest BCUT2D eigenvalue weighted by atomic mass is 9.71. The standard InChI is InChI=1S/C25H35N3O4/c1-2-31-25-18(11-8-14-29)19(17-9-4-3-5-10-17)15-22(32-25)24(30)26-16-23-27-20-12-6-7-13-21(20)28-23/h6-7,12-13,15,17-19,25,29H,2-5,8-11,14,16H2,1H3,(H,26,30)(H,27,28)/t18-,19-,25-/m0/s1. The lowest BCUT2D eigenvalue weighted by molar-refractivity contribution is -0.177. The molecule has 0 saturated heterocycles. The minimum Gasteiger partial charge on any atom is -0.459 e. The molecule has 2 aliphatic rings. The number of nitrogens with zero attached hydrogens (tertiary/aromatic N) is 1. The van der Waals surface area contributed by atoms with Crippen LogP contribution in [0.25, 0.3) is 11.0 Å². The second-order valence-electron chi connectivity index (χ2n) is 8.86. The predicted octanol–water partition coefficient (Wildman–Crippen LogP) is 4.04.